The van der Waals surface area contributed by atoms with Crippen molar-refractivity contribution in [2.24, 2.45) is 23.2 Å². The van der Waals surface area contributed by atoms with E-state index in [9.17, 15) is 18.0 Å². The predicted octanol–water partition coefficient (Wildman–Crippen LogP) is 3.87. The average molecular weight is 514 g/mol. The summed E-state index contributed by atoms with van der Waals surface area (Å²) in [5.41, 5.74) is 0.920. The topological polar surface area (TPSA) is 95.6 Å². The number of hydrogen-bond donors (Lipinski definition) is 2. The number of rotatable bonds is 8. The number of carbonyl (C=O) groups excluding carboxylic acids is 2. The largest absolute Gasteiger partial charge is 0.352 e. The third-order valence-corrected chi connectivity index (χ3v) is 11.0. The molecule has 0 aromatic heterocycles. The van der Waals surface area contributed by atoms with E-state index in [1.54, 1.807) is 12.1 Å². The number of carbonyl (C=O) groups is 2. The van der Waals surface area contributed by atoms with Gasteiger partial charge in [-0.2, -0.15) is 4.31 Å². The smallest absolute Gasteiger partial charge is 0.251 e. The Labute approximate surface area is 215 Å². The highest BCUT2D eigenvalue weighted by atomic mass is 32.2. The van der Waals surface area contributed by atoms with Gasteiger partial charge in [0.15, 0.2) is 0 Å². The molecular weight excluding hydrogens is 474 g/mol. The lowest BCUT2D eigenvalue weighted by Crippen LogP contribution is -2.47. The molecule has 2 amide bonds. The number of sulfonamides is 1. The highest BCUT2D eigenvalue weighted by Gasteiger charge is 2.50. The fourth-order valence-corrected chi connectivity index (χ4v) is 9.28. The molecule has 7 nitrogen and oxygen atoms in total. The highest BCUT2D eigenvalue weighted by Crippen LogP contribution is 2.61. The Hall–Kier alpha value is -2.19. The molecule has 1 aromatic carbocycles. The van der Waals surface area contributed by atoms with Crippen molar-refractivity contribution in [3.8, 4) is 0 Å². The normalized spacial score (nSPS) is 32.0. The Kier molecular flexibility index (Phi) is 7.27. The Morgan fingerprint density at radius 2 is 1.64 bits per heavy atom. The molecule has 1 saturated heterocycles. The fraction of sp³-hybridized carbons (Fsp3) is 0.643. The minimum atomic E-state index is -3.66. The van der Waals surface area contributed by atoms with E-state index in [1.165, 1.54) is 61.0 Å². The van der Waals surface area contributed by atoms with E-state index < -0.39 is 10.0 Å². The first kappa shape index (κ1) is 25.5. The highest BCUT2D eigenvalue weighted by molar-refractivity contribution is 7.89. The molecular formula is C28H39N3O4S. The van der Waals surface area contributed by atoms with Crippen molar-refractivity contribution in [3.05, 3.63) is 42.5 Å². The molecule has 8 heteroatoms. The molecule has 0 radical (unpaired) electrons. The molecule has 2 N–H and O–H groups in total. The molecule has 196 valence electrons. The van der Waals surface area contributed by atoms with Crippen molar-refractivity contribution in [3.63, 3.8) is 0 Å². The van der Waals surface area contributed by atoms with E-state index in [4.69, 9.17) is 0 Å². The molecule has 0 spiro atoms. The third-order valence-electron chi connectivity index (χ3n) is 9.08. The van der Waals surface area contributed by atoms with Gasteiger partial charge in [0.25, 0.3) is 5.91 Å². The van der Waals surface area contributed by atoms with Crippen molar-refractivity contribution >= 4 is 21.8 Å². The second kappa shape index (κ2) is 10.3. The van der Waals surface area contributed by atoms with Crippen LogP contribution < -0.4 is 10.6 Å². The minimum Gasteiger partial charge on any atom is -0.352 e. The van der Waals surface area contributed by atoms with Crippen LogP contribution in [-0.2, 0) is 14.8 Å². The van der Waals surface area contributed by atoms with Crippen LogP contribution in [0.4, 0.5) is 0 Å². The zero-order valence-corrected chi connectivity index (χ0v) is 21.9. The number of nitrogens with one attached hydrogen (secondary N) is 2. The quantitative estimate of drug-likeness (QED) is 0.516. The van der Waals surface area contributed by atoms with Crippen LogP contribution in [-0.4, -0.2) is 50.2 Å². The summed E-state index contributed by atoms with van der Waals surface area (Å²) in [6.45, 7) is 4.91. The Bertz CT molecular complexity index is 1060. The second-order valence-electron chi connectivity index (χ2n) is 11.7. The van der Waals surface area contributed by atoms with Gasteiger partial charge in [0.1, 0.15) is 0 Å². The van der Waals surface area contributed by atoms with E-state index in [1.807, 2.05) is 0 Å². The Morgan fingerprint density at radius 3 is 2.25 bits per heavy atom. The molecule has 1 atom stereocenters. The molecule has 5 aliphatic rings. The van der Waals surface area contributed by atoms with Gasteiger partial charge >= 0.3 is 0 Å². The first-order valence-electron chi connectivity index (χ1n) is 13.6. The van der Waals surface area contributed by atoms with Gasteiger partial charge in [-0.1, -0.05) is 6.58 Å². The molecule has 6 rings (SSSR count). The van der Waals surface area contributed by atoms with E-state index in [-0.39, 0.29) is 22.8 Å². The van der Waals surface area contributed by atoms with Crippen LogP contribution >= 0.6 is 0 Å². The van der Waals surface area contributed by atoms with E-state index in [0.717, 1.165) is 30.6 Å². The monoisotopic (exact) mass is 513 g/mol. The number of hydrogen-bond acceptors (Lipinski definition) is 4. The summed E-state index contributed by atoms with van der Waals surface area (Å²) in [6, 6.07) is 6.23. The molecule has 1 aromatic rings. The summed E-state index contributed by atoms with van der Waals surface area (Å²) in [7, 11) is -3.66. The van der Waals surface area contributed by atoms with Gasteiger partial charge < -0.3 is 10.6 Å². The van der Waals surface area contributed by atoms with Crippen LogP contribution in [0, 0.1) is 23.2 Å². The minimum absolute atomic E-state index is 0.0554. The third kappa shape index (κ3) is 5.40. The van der Waals surface area contributed by atoms with Crippen LogP contribution in [0.1, 0.15) is 74.6 Å². The van der Waals surface area contributed by atoms with Gasteiger partial charge in [-0.15, -0.1) is 0 Å². The molecule has 1 heterocycles. The van der Waals surface area contributed by atoms with Crippen molar-refractivity contribution in [1.29, 1.82) is 0 Å². The van der Waals surface area contributed by atoms with E-state index in [2.05, 4.69) is 17.2 Å². The number of amides is 2. The molecule has 4 aliphatic carbocycles. The van der Waals surface area contributed by atoms with Gasteiger partial charge in [-0.3, -0.25) is 9.59 Å². The molecule has 5 fully saturated rings. The van der Waals surface area contributed by atoms with Gasteiger partial charge in [-0.25, -0.2) is 8.42 Å². The van der Waals surface area contributed by atoms with E-state index in [0.29, 0.717) is 43.5 Å². The molecule has 1 aliphatic heterocycles. The van der Waals surface area contributed by atoms with Gasteiger partial charge in [-0.05, 0) is 118 Å². The fourth-order valence-electron chi connectivity index (χ4n) is 7.78. The van der Waals surface area contributed by atoms with E-state index >= 15 is 0 Å². The maximum absolute atomic E-state index is 13.2. The first-order chi connectivity index (χ1) is 17.3. The maximum Gasteiger partial charge on any atom is 0.251 e. The summed E-state index contributed by atoms with van der Waals surface area (Å²) in [6.07, 6.45) is 12.5. The van der Waals surface area contributed by atoms with Crippen LogP contribution in [0.25, 0.3) is 0 Å². The predicted molar refractivity (Wildman–Crippen MR) is 139 cm³/mol. The van der Waals surface area contributed by atoms with Gasteiger partial charge in [0, 0.05) is 31.2 Å². The van der Waals surface area contributed by atoms with Gasteiger partial charge in [0.05, 0.1) is 4.90 Å². The van der Waals surface area contributed by atoms with Crippen LogP contribution in [0.15, 0.2) is 41.8 Å². The van der Waals surface area contributed by atoms with Crippen LogP contribution in [0.3, 0.4) is 0 Å². The first-order valence-corrected chi connectivity index (χ1v) is 15.0. The lowest BCUT2D eigenvalue weighted by molar-refractivity contribution is -0.117. The van der Waals surface area contributed by atoms with Crippen molar-refractivity contribution in [2.75, 3.05) is 19.6 Å². The standard InChI is InChI=1S/C28H39N3O4S/c1-2-26(32)30-24-4-3-12-31(13-9-24)36(34,35)25-7-5-23(6-8-25)27(33)29-11-10-28-17-20-14-21(18-28)16-22(15-20)19-28/h2,5-8,20-22,24H,1,3-4,9-19H2,(H,29,33)(H,30,32). The zero-order valence-electron chi connectivity index (χ0n) is 21.1. The summed E-state index contributed by atoms with van der Waals surface area (Å²) in [4.78, 5) is 24.6. The Morgan fingerprint density at radius 1 is 1.00 bits per heavy atom. The number of nitrogens with zero attached hydrogens (tertiary/aromatic N) is 1. The summed E-state index contributed by atoms with van der Waals surface area (Å²) in [5.74, 6) is 2.34. The zero-order chi connectivity index (χ0) is 25.3. The molecule has 1 unspecified atom stereocenters. The second-order valence-corrected chi connectivity index (χ2v) is 13.6. The Balaban J connectivity index is 1.14. The summed E-state index contributed by atoms with van der Waals surface area (Å²) in [5, 5.41) is 5.96. The summed E-state index contributed by atoms with van der Waals surface area (Å²) >= 11 is 0. The summed E-state index contributed by atoms with van der Waals surface area (Å²) < 4.78 is 27.9. The molecule has 36 heavy (non-hydrogen) atoms. The van der Waals surface area contributed by atoms with Crippen LogP contribution in [0.5, 0.6) is 0 Å². The lowest BCUT2D eigenvalue weighted by atomic mass is 9.49. The van der Waals surface area contributed by atoms with Crippen molar-refractivity contribution in [1.82, 2.24) is 14.9 Å². The average Bonchev–Trinajstić information content (AvgIpc) is 3.09. The van der Waals surface area contributed by atoms with Crippen molar-refractivity contribution in [2.45, 2.75) is 75.1 Å². The lowest BCUT2D eigenvalue weighted by Gasteiger charge is -2.57. The van der Waals surface area contributed by atoms with Gasteiger partial charge in [0.2, 0.25) is 15.9 Å². The van der Waals surface area contributed by atoms with Crippen molar-refractivity contribution < 1.29 is 18.0 Å². The SMILES string of the molecule is C=CC(=O)NC1CCCN(S(=O)(=O)c2ccc(C(=O)NCCC34CC5CC(CC(C5)C3)C4)cc2)CC1. The number of benzene rings is 1. The van der Waals surface area contributed by atoms with Crippen LogP contribution in [0.2, 0.25) is 0 Å². The maximum atomic E-state index is 13.2. The molecule has 4 saturated carbocycles. The molecule has 4 bridgehead atoms.